The molecular formula is C15H25BrN2O. The highest BCUT2D eigenvalue weighted by Gasteiger charge is 2.34. The van der Waals surface area contributed by atoms with Crippen molar-refractivity contribution in [3.8, 4) is 0 Å². The maximum Gasteiger partial charge on any atom is 0.0738 e. The number of hydrogen-bond donors (Lipinski definition) is 1. The molecule has 1 aromatic heterocycles. The molecule has 19 heavy (non-hydrogen) atoms. The van der Waals surface area contributed by atoms with E-state index >= 15 is 0 Å². The topological polar surface area (TPSA) is 38.1 Å². The first-order chi connectivity index (χ1) is 8.95. The third kappa shape index (κ3) is 3.40. The fourth-order valence-corrected chi connectivity index (χ4v) is 3.75. The minimum Gasteiger partial charge on any atom is -0.389 e. The summed E-state index contributed by atoms with van der Waals surface area (Å²) in [5, 5.41) is 15.2. The predicted octanol–water partition coefficient (Wildman–Crippen LogP) is 3.75. The van der Waals surface area contributed by atoms with Crippen molar-refractivity contribution in [3.63, 3.8) is 0 Å². The maximum atomic E-state index is 10.8. The van der Waals surface area contributed by atoms with E-state index in [4.69, 9.17) is 0 Å². The summed E-state index contributed by atoms with van der Waals surface area (Å²) in [7, 11) is 1.96. The Kier molecular flexibility index (Phi) is 4.72. The van der Waals surface area contributed by atoms with E-state index in [0.717, 1.165) is 34.6 Å². The lowest BCUT2D eigenvalue weighted by Gasteiger charge is -2.36. The van der Waals surface area contributed by atoms with Crippen LogP contribution in [0, 0.1) is 12.8 Å². The molecule has 0 saturated heterocycles. The molecule has 3 nitrogen and oxygen atoms in total. The van der Waals surface area contributed by atoms with Gasteiger partial charge in [-0.2, -0.15) is 5.10 Å². The molecule has 0 spiro atoms. The second-order valence-electron chi connectivity index (χ2n) is 6.10. The molecule has 108 valence electrons. The predicted molar refractivity (Wildman–Crippen MR) is 81.2 cm³/mol. The van der Waals surface area contributed by atoms with Gasteiger partial charge in [-0.1, -0.05) is 19.8 Å². The van der Waals surface area contributed by atoms with Gasteiger partial charge in [0.25, 0.3) is 0 Å². The molecule has 0 unspecified atom stereocenters. The molecule has 0 aromatic carbocycles. The Morgan fingerprint density at radius 1 is 1.42 bits per heavy atom. The minimum absolute atomic E-state index is 0.535. The number of aryl methyl sites for hydroxylation is 2. The molecule has 1 N–H and O–H groups in total. The molecule has 1 heterocycles. The standard InChI is InChI=1S/C15H25BrN2O/c1-4-5-12-6-8-15(19,9-7-12)10-13-14(16)11(2)17-18(13)3/h12,19H,4-10H2,1-3H3. The molecule has 1 fully saturated rings. The summed E-state index contributed by atoms with van der Waals surface area (Å²) in [5.74, 6) is 0.821. The van der Waals surface area contributed by atoms with Gasteiger partial charge in [-0.3, -0.25) is 4.68 Å². The lowest BCUT2D eigenvalue weighted by atomic mass is 9.75. The van der Waals surface area contributed by atoms with Crippen molar-refractivity contribution in [1.82, 2.24) is 9.78 Å². The molecular weight excluding hydrogens is 304 g/mol. The van der Waals surface area contributed by atoms with Gasteiger partial charge in [0, 0.05) is 13.5 Å². The molecule has 0 bridgehead atoms. The summed E-state index contributed by atoms with van der Waals surface area (Å²) >= 11 is 3.59. The van der Waals surface area contributed by atoms with E-state index in [2.05, 4.69) is 28.0 Å². The first-order valence-corrected chi connectivity index (χ1v) is 8.15. The fraction of sp³-hybridized carbons (Fsp3) is 0.800. The average molecular weight is 329 g/mol. The third-order valence-electron chi connectivity index (χ3n) is 4.49. The first kappa shape index (κ1) is 15.0. The molecule has 1 saturated carbocycles. The van der Waals surface area contributed by atoms with Gasteiger partial charge in [-0.05, 0) is 54.5 Å². The zero-order valence-corrected chi connectivity index (χ0v) is 13.8. The SMILES string of the molecule is CCCC1CCC(O)(Cc2c(Br)c(C)nn2C)CC1. The van der Waals surface area contributed by atoms with Crippen LogP contribution in [-0.2, 0) is 13.5 Å². The number of halogens is 1. The Labute approximate surface area is 124 Å². The highest BCUT2D eigenvalue weighted by molar-refractivity contribution is 9.10. The van der Waals surface area contributed by atoms with Gasteiger partial charge >= 0.3 is 0 Å². The van der Waals surface area contributed by atoms with Crippen molar-refractivity contribution in [2.75, 3.05) is 0 Å². The molecule has 1 aliphatic carbocycles. The summed E-state index contributed by atoms with van der Waals surface area (Å²) in [6.07, 6.45) is 7.46. The second-order valence-corrected chi connectivity index (χ2v) is 6.90. The Balaban J connectivity index is 2.03. The highest BCUT2D eigenvalue weighted by Crippen LogP contribution is 2.37. The van der Waals surface area contributed by atoms with Gasteiger partial charge in [0.1, 0.15) is 0 Å². The Morgan fingerprint density at radius 2 is 2.05 bits per heavy atom. The smallest absolute Gasteiger partial charge is 0.0738 e. The second kappa shape index (κ2) is 5.96. The molecule has 2 rings (SSSR count). The Bertz CT molecular complexity index is 434. The number of aromatic nitrogens is 2. The Morgan fingerprint density at radius 3 is 2.53 bits per heavy atom. The van der Waals surface area contributed by atoms with E-state index in [1.807, 2.05) is 18.7 Å². The van der Waals surface area contributed by atoms with Crippen LogP contribution in [0.3, 0.4) is 0 Å². The summed E-state index contributed by atoms with van der Waals surface area (Å²) in [4.78, 5) is 0. The minimum atomic E-state index is -0.535. The molecule has 0 aliphatic heterocycles. The van der Waals surface area contributed by atoms with E-state index < -0.39 is 5.60 Å². The largest absolute Gasteiger partial charge is 0.389 e. The molecule has 0 amide bonds. The van der Waals surface area contributed by atoms with E-state index in [0.29, 0.717) is 6.42 Å². The number of aliphatic hydroxyl groups is 1. The summed E-state index contributed by atoms with van der Waals surface area (Å²) < 4.78 is 2.95. The number of nitrogens with zero attached hydrogens (tertiary/aromatic N) is 2. The van der Waals surface area contributed by atoms with Crippen LogP contribution in [-0.4, -0.2) is 20.5 Å². The quantitative estimate of drug-likeness (QED) is 0.913. The van der Waals surface area contributed by atoms with Crippen LogP contribution >= 0.6 is 15.9 Å². The van der Waals surface area contributed by atoms with Gasteiger partial charge in [-0.25, -0.2) is 0 Å². The maximum absolute atomic E-state index is 10.8. The van der Waals surface area contributed by atoms with Crippen molar-refractivity contribution < 1.29 is 5.11 Å². The molecule has 0 radical (unpaired) electrons. The van der Waals surface area contributed by atoms with E-state index in [1.54, 1.807) is 0 Å². The van der Waals surface area contributed by atoms with E-state index in [9.17, 15) is 5.11 Å². The van der Waals surface area contributed by atoms with Gasteiger partial charge in [0.2, 0.25) is 0 Å². The van der Waals surface area contributed by atoms with Crippen LogP contribution in [0.1, 0.15) is 56.8 Å². The lowest BCUT2D eigenvalue weighted by molar-refractivity contribution is -0.0114. The lowest BCUT2D eigenvalue weighted by Crippen LogP contribution is -2.37. The Hall–Kier alpha value is -0.350. The van der Waals surface area contributed by atoms with Crippen molar-refractivity contribution >= 4 is 15.9 Å². The highest BCUT2D eigenvalue weighted by atomic mass is 79.9. The van der Waals surface area contributed by atoms with E-state index in [1.165, 1.54) is 25.7 Å². The van der Waals surface area contributed by atoms with Crippen molar-refractivity contribution in [2.24, 2.45) is 13.0 Å². The van der Waals surface area contributed by atoms with Gasteiger partial charge in [-0.15, -0.1) is 0 Å². The molecule has 1 aromatic rings. The van der Waals surface area contributed by atoms with Gasteiger partial charge in [0.05, 0.1) is 21.5 Å². The van der Waals surface area contributed by atoms with E-state index in [-0.39, 0.29) is 0 Å². The zero-order valence-electron chi connectivity index (χ0n) is 12.2. The molecule has 0 atom stereocenters. The zero-order chi connectivity index (χ0) is 14.0. The molecule has 1 aliphatic rings. The van der Waals surface area contributed by atoms with Gasteiger partial charge in [0.15, 0.2) is 0 Å². The number of hydrogen-bond acceptors (Lipinski definition) is 2. The third-order valence-corrected chi connectivity index (χ3v) is 5.52. The summed E-state index contributed by atoms with van der Waals surface area (Å²) in [5.41, 5.74) is 1.59. The number of rotatable bonds is 4. The summed E-state index contributed by atoms with van der Waals surface area (Å²) in [6, 6.07) is 0. The average Bonchev–Trinajstić information content (AvgIpc) is 2.60. The van der Waals surface area contributed by atoms with Crippen LogP contribution in [0.2, 0.25) is 0 Å². The van der Waals surface area contributed by atoms with Crippen LogP contribution in [0.4, 0.5) is 0 Å². The van der Waals surface area contributed by atoms with Crippen molar-refractivity contribution in [3.05, 3.63) is 15.9 Å². The fourth-order valence-electron chi connectivity index (χ4n) is 3.27. The van der Waals surface area contributed by atoms with Crippen LogP contribution < -0.4 is 0 Å². The summed E-state index contributed by atoms with van der Waals surface area (Å²) in [6.45, 7) is 4.24. The van der Waals surface area contributed by atoms with Crippen LogP contribution in [0.15, 0.2) is 4.47 Å². The normalized spacial score (nSPS) is 27.7. The van der Waals surface area contributed by atoms with Crippen molar-refractivity contribution in [2.45, 2.75) is 64.4 Å². The monoisotopic (exact) mass is 328 g/mol. The molecule has 4 heteroatoms. The first-order valence-electron chi connectivity index (χ1n) is 7.35. The van der Waals surface area contributed by atoms with Crippen LogP contribution in [0.5, 0.6) is 0 Å². The van der Waals surface area contributed by atoms with Crippen LogP contribution in [0.25, 0.3) is 0 Å². The van der Waals surface area contributed by atoms with Gasteiger partial charge < -0.3 is 5.11 Å². The van der Waals surface area contributed by atoms with Crippen molar-refractivity contribution in [1.29, 1.82) is 0 Å².